The van der Waals surface area contributed by atoms with E-state index in [-0.39, 0.29) is 5.38 Å². The number of sulfone groups is 1. The summed E-state index contributed by atoms with van der Waals surface area (Å²) < 4.78 is 24.2. The molecule has 0 radical (unpaired) electrons. The van der Waals surface area contributed by atoms with Gasteiger partial charge in [0.2, 0.25) is 0 Å². The summed E-state index contributed by atoms with van der Waals surface area (Å²) in [7, 11) is -3.21. The van der Waals surface area contributed by atoms with E-state index >= 15 is 0 Å². The standard InChI is InChI=1S/C13H12BrClO2S2/c1-8-6-11(18-13(8)14)12(15)9-4-3-5-10(7-9)19(2,16)17/h3-7,12H,1-2H3. The first-order chi connectivity index (χ1) is 8.79. The Morgan fingerprint density at radius 1 is 1.32 bits per heavy atom. The zero-order chi connectivity index (χ0) is 14.2. The fourth-order valence-electron chi connectivity index (χ4n) is 1.68. The van der Waals surface area contributed by atoms with Gasteiger partial charge in [0.15, 0.2) is 9.84 Å². The van der Waals surface area contributed by atoms with Crippen molar-refractivity contribution in [1.29, 1.82) is 0 Å². The Morgan fingerprint density at radius 3 is 2.53 bits per heavy atom. The topological polar surface area (TPSA) is 34.1 Å². The number of thiophene rings is 1. The molecule has 2 nitrogen and oxygen atoms in total. The number of hydrogen-bond donors (Lipinski definition) is 0. The second-order valence-electron chi connectivity index (χ2n) is 4.31. The lowest BCUT2D eigenvalue weighted by Gasteiger charge is -2.09. The maximum absolute atomic E-state index is 11.6. The van der Waals surface area contributed by atoms with Crippen LogP contribution in [-0.2, 0) is 9.84 Å². The molecule has 2 rings (SSSR count). The first-order valence-electron chi connectivity index (χ1n) is 5.49. The number of benzene rings is 1. The van der Waals surface area contributed by atoms with Gasteiger partial charge in [-0.3, -0.25) is 0 Å². The van der Waals surface area contributed by atoms with Gasteiger partial charge in [-0.2, -0.15) is 0 Å². The van der Waals surface area contributed by atoms with Crippen LogP contribution in [0.15, 0.2) is 39.0 Å². The van der Waals surface area contributed by atoms with Crippen molar-refractivity contribution in [3.8, 4) is 0 Å². The molecule has 6 heteroatoms. The third-order valence-electron chi connectivity index (χ3n) is 2.70. The van der Waals surface area contributed by atoms with Crippen molar-refractivity contribution >= 4 is 48.7 Å². The highest BCUT2D eigenvalue weighted by Crippen LogP contribution is 2.38. The number of rotatable bonds is 3. The van der Waals surface area contributed by atoms with Crippen molar-refractivity contribution in [3.05, 3.63) is 50.1 Å². The molecule has 19 heavy (non-hydrogen) atoms. The molecule has 1 heterocycles. The van der Waals surface area contributed by atoms with Gasteiger partial charge in [0, 0.05) is 11.1 Å². The van der Waals surface area contributed by atoms with Crippen LogP contribution in [0.2, 0.25) is 0 Å². The van der Waals surface area contributed by atoms with E-state index < -0.39 is 9.84 Å². The summed E-state index contributed by atoms with van der Waals surface area (Å²) in [6.45, 7) is 2.00. The minimum Gasteiger partial charge on any atom is -0.224 e. The second kappa shape index (κ2) is 5.56. The molecule has 1 unspecified atom stereocenters. The third-order valence-corrected chi connectivity index (χ3v) is 6.63. The van der Waals surface area contributed by atoms with E-state index in [1.165, 1.54) is 6.26 Å². The molecule has 0 aliphatic heterocycles. The zero-order valence-corrected chi connectivity index (χ0v) is 14.3. The first kappa shape index (κ1) is 15.0. The molecule has 0 amide bonds. The quantitative estimate of drug-likeness (QED) is 0.733. The Bertz CT molecular complexity index is 688. The lowest BCUT2D eigenvalue weighted by Crippen LogP contribution is -1.99. The van der Waals surface area contributed by atoms with Crippen LogP contribution in [0.3, 0.4) is 0 Å². The van der Waals surface area contributed by atoms with Crippen molar-refractivity contribution < 1.29 is 8.42 Å². The highest BCUT2D eigenvalue weighted by molar-refractivity contribution is 9.11. The van der Waals surface area contributed by atoms with Crippen LogP contribution in [0.4, 0.5) is 0 Å². The fourth-order valence-corrected chi connectivity index (χ4v) is 4.26. The van der Waals surface area contributed by atoms with Gasteiger partial charge < -0.3 is 0 Å². The summed E-state index contributed by atoms with van der Waals surface area (Å²) in [5, 5.41) is -0.336. The Labute approximate surface area is 130 Å². The number of hydrogen-bond acceptors (Lipinski definition) is 3. The summed E-state index contributed by atoms with van der Waals surface area (Å²) in [6, 6.07) is 8.79. The van der Waals surface area contributed by atoms with E-state index in [1.807, 2.05) is 19.1 Å². The minimum atomic E-state index is -3.21. The van der Waals surface area contributed by atoms with Crippen LogP contribution in [0.5, 0.6) is 0 Å². The minimum absolute atomic E-state index is 0.294. The summed E-state index contributed by atoms with van der Waals surface area (Å²) >= 11 is 11.5. The molecule has 0 spiro atoms. The van der Waals surface area contributed by atoms with Crippen molar-refractivity contribution in [2.45, 2.75) is 17.2 Å². The van der Waals surface area contributed by atoms with Crippen LogP contribution in [-0.4, -0.2) is 14.7 Å². The molecule has 0 aliphatic carbocycles. The van der Waals surface area contributed by atoms with Crippen molar-refractivity contribution in [1.82, 2.24) is 0 Å². The molecular formula is C13H12BrClO2S2. The average Bonchev–Trinajstić information content (AvgIpc) is 2.68. The highest BCUT2D eigenvalue weighted by atomic mass is 79.9. The maximum Gasteiger partial charge on any atom is 0.175 e. The SMILES string of the molecule is Cc1cc(C(Cl)c2cccc(S(C)(=O)=O)c2)sc1Br. The monoisotopic (exact) mass is 378 g/mol. The van der Waals surface area contributed by atoms with Gasteiger partial charge in [-0.25, -0.2) is 8.42 Å². The smallest absolute Gasteiger partial charge is 0.175 e. The average molecular weight is 380 g/mol. The molecule has 0 N–H and O–H groups in total. The predicted octanol–water partition coefficient (Wildman–Crippen LogP) is 4.55. The summed E-state index contributed by atoms with van der Waals surface area (Å²) in [5.74, 6) is 0. The Balaban J connectivity index is 2.42. The molecule has 102 valence electrons. The number of halogens is 2. The lowest BCUT2D eigenvalue weighted by molar-refractivity contribution is 0.602. The van der Waals surface area contributed by atoms with Gasteiger partial charge in [-0.15, -0.1) is 22.9 Å². The van der Waals surface area contributed by atoms with Crippen molar-refractivity contribution in [3.63, 3.8) is 0 Å². The van der Waals surface area contributed by atoms with Crippen LogP contribution in [0.1, 0.15) is 21.4 Å². The lowest BCUT2D eigenvalue weighted by atomic mass is 10.1. The summed E-state index contributed by atoms with van der Waals surface area (Å²) in [4.78, 5) is 1.29. The van der Waals surface area contributed by atoms with Gasteiger partial charge in [0.05, 0.1) is 14.1 Å². The third kappa shape index (κ3) is 3.40. The van der Waals surface area contributed by atoms with Crippen molar-refractivity contribution in [2.24, 2.45) is 0 Å². The Kier molecular flexibility index (Phi) is 4.40. The number of alkyl halides is 1. The largest absolute Gasteiger partial charge is 0.224 e. The van der Waals surface area contributed by atoms with Gasteiger partial charge in [0.25, 0.3) is 0 Å². The van der Waals surface area contributed by atoms with E-state index in [1.54, 1.807) is 29.5 Å². The van der Waals surface area contributed by atoms with Crippen LogP contribution in [0, 0.1) is 6.92 Å². The molecule has 2 aromatic rings. The fraction of sp³-hybridized carbons (Fsp3) is 0.231. The van der Waals surface area contributed by atoms with Gasteiger partial charge in [-0.1, -0.05) is 12.1 Å². The molecule has 0 bridgehead atoms. The van der Waals surface area contributed by atoms with Gasteiger partial charge in [-0.05, 0) is 52.2 Å². The van der Waals surface area contributed by atoms with Gasteiger partial charge in [0.1, 0.15) is 0 Å². The van der Waals surface area contributed by atoms with E-state index in [2.05, 4.69) is 15.9 Å². The number of aryl methyl sites for hydroxylation is 1. The molecule has 0 fully saturated rings. The normalized spacial score (nSPS) is 13.5. The molecule has 0 saturated carbocycles. The molecule has 0 aliphatic rings. The second-order valence-corrected chi connectivity index (χ2v) is 9.17. The van der Waals surface area contributed by atoms with Crippen LogP contribution in [0.25, 0.3) is 0 Å². The van der Waals surface area contributed by atoms with Crippen molar-refractivity contribution in [2.75, 3.05) is 6.26 Å². The van der Waals surface area contributed by atoms with E-state index in [9.17, 15) is 8.42 Å². The molecular weight excluding hydrogens is 368 g/mol. The summed E-state index contributed by atoms with van der Waals surface area (Å²) in [6.07, 6.45) is 1.20. The first-order valence-corrected chi connectivity index (χ1v) is 9.42. The zero-order valence-electron chi connectivity index (χ0n) is 10.4. The Morgan fingerprint density at radius 2 is 2.00 bits per heavy atom. The summed E-state index contributed by atoms with van der Waals surface area (Å²) in [5.41, 5.74) is 1.92. The Hall–Kier alpha value is -0.360. The van der Waals surface area contributed by atoms with E-state index in [0.717, 1.165) is 19.8 Å². The highest BCUT2D eigenvalue weighted by Gasteiger charge is 2.17. The molecule has 1 aromatic heterocycles. The van der Waals surface area contributed by atoms with Crippen LogP contribution >= 0.6 is 38.9 Å². The molecule has 1 atom stereocenters. The predicted molar refractivity (Wildman–Crippen MR) is 84.0 cm³/mol. The van der Waals surface area contributed by atoms with E-state index in [4.69, 9.17) is 11.6 Å². The maximum atomic E-state index is 11.6. The molecule has 0 saturated heterocycles. The van der Waals surface area contributed by atoms with Gasteiger partial charge >= 0.3 is 0 Å². The van der Waals surface area contributed by atoms with Crippen LogP contribution < -0.4 is 0 Å². The van der Waals surface area contributed by atoms with E-state index in [0.29, 0.717) is 4.90 Å². The molecule has 1 aromatic carbocycles.